The Hall–Kier alpha value is -2.77. The second-order valence-corrected chi connectivity index (χ2v) is 4.65. The molecule has 0 saturated heterocycles. The van der Waals surface area contributed by atoms with Crippen molar-refractivity contribution in [2.45, 2.75) is 19.8 Å². The van der Waals surface area contributed by atoms with Gasteiger partial charge in [-0.2, -0.15) is 0 Å². The second-order valence-electron chi connectivity index (χ2n) is 4.65. The van der Waals surface area contributed by atoms with Crippen molar-refractivity contribution in [1.29, 1.82) is 0 Å². The first-order valence-corrected chi connectivity index (χ1v) is 6.15. The Bertz CT molecular complexity index is 696. The fourth-order valence-electron chi connectivity index (χ4n) is 1.61. The third-order valence-electron chi connectivity index (χ3n) is 2.71. The van der Waals surface area contributed by atoms with Gasteiger partial charge in [-0.3, -0.25) is 9.89 Å². The van der Waals surface area contributed by atoms with Gasteiger partial charge in [0.2, 0.25) is 5.82 Å². The molecule has 8 heteroatoms. The second kappa shape index (κ2) is 5.70. The lowest BCUT2D eigenvalue weighted by Crippen LogP contribution is -2.16. The summed E-state index contributed by atoms with van der Waals surface area (Å²) >= 11 is 0. The van der Waals surface area contributed by atoms with Crippen LogP contribution >= 0.6 is 0 Å². The maximum Gasteiger partial charge on any atom is 0.337 e. The van der Waals surface area contributed by atoms with E-state index >= 15 is 0 Å². The van der Waals surface area contributed by atoms with E-state index in [9.17, 15) is 14.0 Å². The van der Waals surface area contributed by atoms with Gasteiger partial charge in [0.1, 0.15) is 11.6 Å². The maximum atomic E-state index is 13.1. The van der Waals surface area contributed by atoms with E-state index < -0.39 is 17.7 Å². The molecule has 2 rings (SSSR count). The number of aromatic nitrogens is 3. The summed E-state index contributed by atoms with van der Waals surface area (Å²) in [6.45, 7) is 3.76. The predicted octanol–water partition coefficient (Wildman–Crippen LogP) is 2.02. The number of anilines is 1. The normalized spacial score (nSPS) is 10.7. The first-order valence-electron chi connectivity index (χ1n) is 6.15. The number of carboxylic acid groups (broad SMARTS) is 1. The SMILES string of the molecule is CC(C)c1nc(C(=O)Nc2ccc(F)cc2C(=O)O)n[nH]1. The van der Waals surface area contributed by atoms with Crippen LogP contribution in [0.5, 0.6) is 0 Å². The summed E-state index contributed by atoms with van der Waals surface area (Å²) < 4.78 is 13.1. The molecule has 0 unspecified atom stereocenters. The van der Waals surface area contributed by atoms with E-state index in [1.807, 2.05) is 13.8 Å². The standard InChI is InChI=1S/C13H13FN4O3/c1-6(2)10-16-11(18-17-10)12(19)15-9-4-3-7(14)5-8(9)13(20)21/h3-6H,1-2H3,(H,15,19)(H,20,21)(H,16,17,18). The van der Waals surface area contributed by atoms with Crippen LogP contribution in [-0.4, -0.2) is 32.2 Å². The van der Waals surface area contributed by atoms with Crippen molar-refractivity contribution in [3.05, 3.63) is 41.2 Å². The summed E-state index contributed by atoms with van der Waals surface area (Å²) in [5.41, 5.74) is -0.368. The van der Waals surface area contributed by atoms with Crippen LogP contribution in [0.3, 0.4) is 0 Å². The Morgan fingerprint density at radius 1 is 1.38 bits per heavy atom. The van der Waals surface area contributed by atoms with Crippen LogP contribution in [0.15, 0.2) is 18.2 Å². The first kappa shape index (κ1) is 14.6. The number of hydrogen-bond donors (Lipinski definition) is 3. The van der Waals surface area contributed by atoms with E-state index in [1.54, 1.807) is 0 Å². The Morgan fingerprint density at radius 3 is 2.67 bits per heavy atom. The number of nitrogens with zero attached hydrogens (tertiary/aromatic N) is 2. The molecule has 3 N–H and O–H groups in total. The van der Waals surface area contributed by atoms with E-state index in [1.165, 1.54) is 6.07 Å². The summed E-state index contributed by atoms with van der Waals surface area (Å²) in [4.78, 5) is 27.0. The molecule has 1 amide bonds. The van der Waals surface area contributed by atoms with Crippen LogP contribution in [0.4, 0.5) is 10.1 Å². The number of aromatic amines is 1. The molecule has 1 aromatic heterocycles. The lowest BCUT2D eigenvalue weighted by atomic mass is 10.1. The quantitative estimate of drug-likeness (QED) is 0.799. The van der Waals surface area contributed by atoms with E-state index in [0.717, 1.165) is 12.1 Å². The van der Waals surface area contributed by atoms with Gasteiger partial charge < -0.3 is 10.4 Å². The molecular weight excluding hydrogens is 279 g/mol. The number of hydrogen-bond acceptors (Lipinski definition) is 4. The number of benzene rings is 1. The molecule has 0 aliphatic rings. The molecule has 0 saturated carbocycles. The zero-order chi connectivity index (χ0) is 15.6. The van der Waals surface area contributed by atoms with E-state index in [-0.39, 0.29) is 23.0 Å². The van der Waals surface area contributed by atoms with Gasteiger partial charge in [0.15, 0.2) is 0 Å². The predicted molar refractivity (Wildman–Crippen MR) is 71.8 cm³/mol. The van der Waals surface area contributed by atoms with Crippen LogP contribution in [0.25, 0.3) is 0 Å². The number of amides is 1. The fourth-order valence-corrected chi connectivity index (χ4v) is 1.61. The molecule has 1 aromatic carbocycles. The third kappa shape index (κ3) is 3.22. The topological polar surface area (TPSA) is 108 Å². The van der Waals surface area contributed by atoms with Crippen LogP contribution in [0.1, 0.15) is 46.6 Å². The molecule has 0 aliphatic heterocycles. The highest BCUT2D eigenvalue weighted by Crippen LogP contribution is 2.18. The van der Waals surface area contributed by atoms with Crippen molar-refractivity contribution in [2.75, 3.05) is 5.32 Å². The van der Waals surface area contributed by atoms with Crippen molar-refractivity contribution in [1.82, 2.24) is 15.2 Å². The number of halogens is 1. The molecule has 0 spiro atoms. The lowest BCUT2D eigenvalue weighted by molar-refractivity contribution is 0.0697. The average molecular weight is 292 g/mol. The summed E-state index contributed by atoms with van der Waals surface area (Å²) in [5, 5.41) is 17.7. The summed E-state index contributed by atoms with van der Waals surface area (Å²) in [6.07, 6.45) is 0. The van der Waals surface area contributed by atoms with Crippen molar-refractivity contribution < 1.29 is 19.1 Å². The minimum absolute atomic E-state index is 0.0233. The molecular formula is C13H13FN4O3. The molecule has 1 heterocycles. The van der Waals surface area contributed by atoms with Gasteiger partial charge in [0.05, 0.1) is 11.3 Å². The minimum Gasteiger partial charge on any atom is -0.478 e. The zero-order valence-electron chi connectivity index (χ0n) is 11.3. The number of carbonyl (C=O) groups excluding carboxylic acids is 1. The van der Waals surface area contributed by atoms with Gasteiger partial charge in [0.25, 0.3) is 5.91 Å². The molecule has 0 bridgehead atoms. The number of rotatable bonds is 4. The smallest absolute Gasteiger partial charge is 0.337 e. The van der Waals surface area contributed by atoms with Gasteiger partial charge in [-0.1, -0.05) is 13.8 Å². The van der Waals surface area contributed by atoms with Crippen LogP contribution in [0.2, 0.25) is 0 Å². The summed E-state index contributed by atoms with van der Waals surface area (Å²) in [6, 6.07) is 3.06. The van der Waals surface area contributed by atoms with Crippen molar-refractivity contribution in [3.8, 4) is 0 Å². The van der Waals surface area contributed by atoms with Crippen molar-refractivity contribution >= 4 is 17.6 Å². The molecule has 0 atom stereocenters. The third-order valence-corrected chi connectivity index (χ3v) is 2.71. The summed E-state index contributed by atoms with van der Waals surface area (Å²) in [7, 11) is 0. The van der Waals surface area contributed by atoms with Gasteiger partial charge in [-0.25, -0.2) is 14.2 Å². The molecule has 110 valence electrons. The highest BCUT2D eigenvalue weighted by molar-refractivity contribution is 6.05. The van der Waals surface area contributed by atoms with Gasteiger partial charge in [-0.15, -0.1) is 5.10 Å². The molecule has 2 aromatic rings. The van der Waals surface area contributed by atoms with Crippen LogP contribution in [-0.2, 0) is 0 Å². The largest absolute Gasteiger partial charge is 0.478 e. The van der Waals surface area contributed by atoms with E-state index in [4.69, 9.17) is 5.11 Å². The minimum atomic E-state index is -1.34. The number of carbonyl (C=O) groups is 2. The lowest BCUT2D eigenvalue weighted by Gasteiger charge is -2.06. The summed E-state index contributed by atoms with van der Waals surface area (Å²) in [5.74, 6) is -2.23. The van der Waals surface area contributed by atoms with E-state index in [2.05, 4.69) is 20.5 Å². The zero-order valence-corrected chi connectivity index (χ0v) is 11.3. The number of carboxylic acids is 1. The monoisotopic (exact) mass is 292 g/mol. The Morgan fingerprint density at radius 2 is 2.10 bits per heavy atom. The fraction of sp³-hybridized carbons (Fsp3) is 0.231. The van der Waals surface area contributed by atoms with Gasteiger partial charge >= 0.3 is 5.97 Å². The average Bonchev–Trinajstić information content (AvgIpc) is 2.90. The van der Waals surface area contributed by atoms with Gasteiger partial charge in [0, 0.05) is 5.92 Å². The van der Waals surface area contributed by atoms with Gasteiger partial charge in [-0.05, 0) is 18.2 Å². The molecule has 0 fully saturated rings. The first-order chi connectivity index (χ1) is 9.88. The maximum absolute atomic E-state index is 13.1. The van der Waals surface area contributed by atoms with Crippen LogP contribution < -0.4 is 5.32 Å². The van der Waals surface area contributed by atoms with Crippen molar-refractivity contribution in [3.63, 3.8) is 0 Å². The van der Waals surface area contributed by atoms with Crippen LogP contribution in [0, 0.1) is 5.82 Å². The Kier molecular flexibility index (Phi) is 3.97. The number of aromatic carboxylic acids is 1. The molecule has 0 aliphatic carbocycles. The number of H-pyrrole nitrogens is 1. The number of nitrogens with one attached hydrogen (secondary N) is 2. The highest BCUT2D eigenvalue weighted by atomic mass is 19.1. The van der Waals surface area contributed by atoms with Crippen molar-refractivity contribution in [2.24, 2.45) is 0 Å². The Labute approximate surface area is 119 Å². The highest BCUT2D eigenvalue weighted by Gasteiger charge is 2.18. The Balaban J connectivity index is 2.25. The molecule has 0 radical (unpaired) electrons. The molecule has 21 heavy (non-hydrogen) atoms. The molecule has 7 nitrogen and oxygen atoms in total. The van der Waals surface area contributed by atoms with E-state index in [0.29, 0.717) is 5.82 Å².